The van der Waals surface area contributed by atoms with Gasteiger partial charge in [-0.25, -0.2) is 0 Å². The first-order valence-electron chi connectivity index (χ1n) is 8.40. The molecule has 0 spiro atoms. The largest absolute Gasteiger partial charge is 0.463 e. The second-order valence-corrected chi connectivity index (χ2v) is 6.37. The molecule has 3 N–H and O–H groups in total. The number of amides is 1. The number of nitrogens with two attached hydrogens (primary N) is 1. The third-order valence-electron chi connectivity index (χ3n) is 4.84. The standard InChI is InChI=1S/C19H20N4O2.ClH/c20-10-14-11-23(12-15(14)13-5-2-1-3-6-13)19(24)17-9-16(21-22-17)18-7-4-8-25-18;/h1-9,14-15H,10-12,20H2,(H,21,22);1H/t14-,15+;/m1./s1. The molecule has 1 amide bonds. The molecule has 6 nitrogen and oxygen atoms in total. The van der Waals surface area contributed by atoms with Gasteiger partial charge < -0.3 is 15.1 Å². The van der Waals surface area contributed by atoms with Gasteiger partial charge in [-0.15, -0.1) is 12.4 Å². The highest BCUT2D eigenvalue weighted by Gasteiger charge is 2.36. The van der Waals surface area contributed by atoms with E-state index in [-0.39, 0.29) is 30.2 Å². The van der Waals surface area contributed by atoms with Crippen molar-refractivity contribution >= 4 is 18.3 Å². The Balaban J connectivity index is 0.00000196. The Labute approximate surface area is 157 Å². The molecule has 26 heavy (non-hydrogen) atoms. The molecule has 0 saturated carbocycles. The molecule has 136 valence electrons. The van der Waals surface area contributed by atoms with Crippen molar-refractivity contribution in [2.75, 3.05) is 19.6 Å². The minimum Gasteiger partial charge on any atom is -0.463 e. The Morgan fingerprint density at radius 1 is 1.23 bits per heavy atom. The number of benzene rings is 1. The number of aromatic nitrogens is 2. The topological polar surface area (TPSA) is 88.1 Å². The maximum atomic E-state index is 12.8. The average Bonchev–Trinajstić information content (AvgIpc) is 3.41. The van der Waals surface area contributed by atoms with Gasteiger partial charge in [0.1, 0.15) is 5.69 Å². The van der Waals surface area contributed by atoms with Gasteiger partial charge in [0.15, 0.2) is 11.5 Å². The van der Waals surface area contributed by atoms with Gasteiger partial charge in [0, 0.05) is 25.1 Å². The summed E-state index contributed by atoms with van der Waals surface area (Å²) >= 11 is 0. The Bertz CT molecular complexity index is 848. The summed E-state index contributed by atoms with van der Waals surface area (Å²) in [5.41, 5.74) is 8.28. The van der Waals surface area contributed by atoms with E-state index in [1.807, 2.05) is 29.2 Å². The smallest absolute Gasteiger partial charge is 0.274 e. The Kier molecular flexibility index (Phi) is 5.44. The number of halogens is 1. The number of likely N-dealkylation sites (tertiary alicyclic amines) is 1. The maximum absolute atomic E-state index is 12.8. The monoisotopic (exact) mass is 372 g/mol. The van der Waals surface area contributed by atoms with Crippen molar-refractivity contribution in [3.8, 4) is 11.5 Å². The molecule has 7 heteroatoms. The van der Waals surface area contributed by atoms with E-state index in [0.29, 0.717) is 36.8 Å². The van der Waals surface area contributed by atoms with Crippen LogP contribution in [0.5, 0.6) is 0 Å². The molecule has 3 heterocycles. The van der Waals surface area contributed by atoms with Crippen LogP contribution >= 0.6 is 12.4 Å². The van der Waals surface area contributed by atoms with Gasteiger partial charge in [-0.1, -0.05) is 30.3 Å². The lowest BCUT2D eigenvalue weighted by molar-refractivity contribution is 0.0780. The number of furan rings is 1. The highest BCUT2D eigenvalue weighted by Crippen LogP contribution is 2.32. The Morgan fingerprint density at radius 2 is 2.04 bits per heavy atom. The first kappa shape index (κ1) is 18.2. The summed E-state index contributed by atoms with van der Waals surface area (Å²) in [5, 5.41) is 7.02. The van der Waals surface area contributed by atoms with Gasteiger partial charge in [0.05, 0.1) is 6.26 Å². The molecule has 0 radical (unpaired) electrons. The number of carbonyl (C=O) groups is 1. The van der Waals surface area contributed by atoms with Crippen molar-refractivity contribution in [2.24, 2.45) is 11.7 Å². The van der Waals surface area contributed by atoms with E-state index >= 15 is 0 Å². The fourth-order valence-electron chi connectivity index (χ4n) is 3.51. The molecular formula is C19H21ClN4O2. The summed E-state index contributed by atoms with van der Waals surface area (Å²) in [5.74, 6) is 1.11. The van der Waals surface area contributed by atoms with Gasteiger partial charge >= 0.3 is 0 Å². The summed E-state index contributed by atoms with van der Waals surface area (Å²) < 4.78 is 5.33. The van der Waals surface area contributed by atoms with E-state index in [2.05, 4.69) is 22.3 Å². The zero-order valence-electron chi connectivity index (χ0n) is 14.2. The first-order valence-corrected chi connectivity index (χ1v) is 8.40. The minimum atomic E-state index is -0.0778. The summed E-state index contributed by atoms with van der Waals surface area (Å²) in [6.07, 6.45) is 1.59. The number of nitrogens with one attached hydrogen (secondary N) is 1. The van der Waals surface area contributed by atoms with Crippen LogP contribution in [0.3, 0.4) is 0 Å². The van der Waals surface area contributed by atoms with E-state index in [0.717, 1.165) is 0 Å². The highest BCUT2D eigenvalue weighted by molar-refractivity contribution is 5.93. The molecule has 1 saturated heterocycles. The van der Waals surface area contributed by atoms with Gasteiger partial charge in [-0.2, -0.15) is 5.10 Å². The van der Waals surface area contributed by atoms with Crippen LogP contribution < -0.4 is 5.73 Å². The summed E-state index contributed by atoms with van der Waals surface area (Å²) in [7, 11) is 0. The lowest BCUT2D eigenvalue weighted by atomic mass is 9.89. The quantitative estimate of drug-likeness (QED) is 0.737. The predicted molar refractivity (Wildman–Crippen MR) is 101 cm³/mol. The minimum absolute atomic E-state index is 0. The van der Waals surface area contributed by atoms with Crippen LogP contribution in [0.1, 0.15) is 22.0 Å². The molecule has 0 unspecified atom stereocenters. The summed E-state index contributed by atoms with van der Waals surface area (Å²) in [6, 6.07) is 15.6. The fourth-order valence-corrected chi connectivity index (χ4v) is 3.51. The number of hydrogen-bond donors (Lipinski definition) is 2. The number of nitrogens with zero attached hydrogens (tertiary/aromatic N) is 2. The average molecular weight is 373 g/mol. The molecule has 1 aliphatic heterocycles. The molecule has 1 aromatic carbocycles. The molecule has 1 aliphatic rings. The summed E-state index contributed by atoms with van der Waals surface area (Å²) in [4.78, 5) is 14.7. The van der Waals surface area contributed by atoms with Crippen molar-refractivity contribution in [1.29, 1.82) is 0 Å². The number of rotatable bonds is 4. The van der Waals surface area contributed by atoms with Crippen molar-refractivity contribution < 1.29 is 9.21 Å². The van der Waals surface area contributed by atoms with Crippen molar-refractivity contribution in [2.45, 2.75) is 5.92 Å². The molecule has 3 aromatic rings. The van der Waals surface area contributed by atoms with Crippen LogP contribution in [0.25, 0.3) is 11.5 Å². The van der Waals surface area contributed by atoms with Crippen LogP contribution in [0.2, 0.25) is 0 Å². The van der Waals surface area contributed by atoms with Crippen LogP contribution in [-0.4, -0.2) is 40.6 Å². The third kappa shape index (κ3) is 3.38. The van der Waals surface area contributed by atoms with Crippen molar-refractivity contribution in [1.82, 2.24) is 15.1 Å². The number of aromatic amines is 1. The van der Waals surface area contributed by atoms with E-state index in [9.17, 15) is 4.79 Å². The molecule has 1 fully saturated rings. The van der Waals surface area contributed by atoms with Crippen molar-refractivity contribution in [3.05, 3.63) is 66.1 Å². The fraction of sp³-hybridized carbons (Fsp3) is 0.263. The number of hydrogen-bond acceptors (Lipinski definition) is 4. The number of H-pyrrole nitrogens is 1. The van der Waals surface area contributed by atoms with Crippen LogP contribution in [0.15, 0.2) is 59.2 Å². The molecule has 2 aromatic heterocycles. The van der Waals surface area contributed by atoms with Gasteiger partial charge in [-0.3, -0.25) is 9.89 Å². The molecule has 0 aliphatic carbocycles. The van der Waals surface area contributed by atoms with Gasteiger partial charge in [-0.05, 0) is 30.2 Å². The first-order chi connectivity index (χ1) is 12.3. The Hall–Kier alpha value is -2.57. The normalized spacial score (nSPS) is 19.3. The summed E-state index contributed by atoms with van der Waals surface area (Å²) in [6.45, 7) is 1.87. The second-order valence-electron chi connectivity index (χ2n) is 6.37. The molecule has 0 bridgehead atoms. The lowest BCUT2D eigenvalue weighted by Gasteiger charge is -2.16. The SMILES string of the molecule is Cl.NC[C@@H]1CN(C(=O)c2cc(-c3ccco3)[nH]n2)C[C@H]1c1ccccc1. The highest BCUT2D eigenvalue weighted by atomic mass is 35.5. The zero-order valence-corrected chi connectivity index (χ0v) is 15.0. The van der Waals surface area contributed by atoms with E-state index in [4.69, 9.17) is 10.2 Å². The van der Waals surface area contributed by atoms with Gasteiger partial charge in [0.25, 0.3) is 5.91 Å². The third-order valence-corrected chi connectivity index (χ3v) is 4.84. The second kappa shape index (κ2) is 7.76. The van der Waals surface area contributed by atoms with E-state index < -0.39 is 0 Å². The predicted octanol–water partition coefficient (Wildman–Crippen LogP) is 2.91. The van der Waals surface area contributed by atoms with Crippen LogP contribution in [-0.2, 0) is 0 Å². The van der Waals surface area contributed by atoms with E-state index in [1.165, 1.54) is 5.56 Å². The zero-order chi connectivity index (χ0) is 17.2. The van der Waals surface area contributed by atoms with Crippen LogP contribution in [0.4, 0.5) is 0 Å². The molecule has 4 rings (SSSR count). The maximum Gasteiger partial charge on any atom is 0.274 e. The Morgan fingerprint density at radius 3 is 2.73 bits per heavy atom. The van der Waals surface area contributed by atoms with Crippen molar-refractivity contribution in [3.63, 3.8) is 0 Å². The van der Waals surface area contributed by atoms with E-state index in [1.54, 1.807) is 18.4 Å². The lowest BCUT2D eigenvalue weighted by Crippen LogP contribution is -2.30. The molecular weight excluding hydrogens is 352 g/mol. The van der Waals surface area contributed by atoms with Crippen LogP contribution in [0, 0.1) is 5.92 Å². The number of carbonyl (C=O) groups excluding carboxylic acids is 1. The van der Waals surface area contributed by atoms with Gasteiger partial charge in [0.2, 0.25) is 0 Å². The molecule has 2 atom stereocenters.